The molecule has 0 aromatic rings. The molecule has 27 heavy (non-hydrogen) atoms. The molecule has 1 saturated heterocycles. The van der Waals surface area contributed by atoms with Crippen molar-refractivity contribution in [1.82, 2.24) is 10.6 Å². The molecule has 4 N–H and O–H groups in total. The van der Waals surface area contributed by atoms with Crippen molar-refractivity contribution in [3.63, 3.8) is 0 Å². The standard InChI is InChI=1S/C15H27N3O5.2C2H6/c1-9(2)5-11(13(20)15(3)8-23-15)18-12(19)6-17-14(21)10(16)7-22-4;2*1-2/h9-11H,5-8,16H2,1-4H3,(H,17,21)(H,18,19);2*1-2H3. The number of ketones is 1. The molecule has 1 aliphatic heterocycles. The Kier molecular flexibility index (Phi) is 14.9. The molecule has 2 amide bonds. The lowest BCUT2D eigenvalue weighted by Crippen LogP contribution is -2.51. The molecule has 3 atom stereocenters. The molecule has 0 saturated carbocycles. The Morgan fingerprint density at radius 1 is 1.19 bits per heavy atom. The van der Waals surface area contributed by atoms with Gasteiger partial charge in [0, 0.05) is 7.11 Å². The van der Waals surface area contributed by atoms with Crippen molar-refractivity contribution in [3.8, 4) is 0 Å². The molecule has 0 spiro atoms. The van der Waals surface area contributed by atoms with Crippen LogP contribution in [-0.2, 0) is 23.9 Å². The molecule has 0 aliphatic carbocycles. The van der Waals surface area contributed by atoms with Gasteiger partial charge in [-0.3, -0.25) is 14.4 Å². The maximum absolute atomic E-state index is 12.4. The Morgan fingerprint density at radius 2 is 1.70 bits per heavy atom. The van der Waals surface area contributed by atoms with Crippen LogP contribution in [0, 0.1) is 5.92 Å². The van der Waals surface area contributed by atoms with Crippen LogP contribution in [0.1, 0.15) is 54.9 Å². The molecule has 0 aromatic carbocycles. The summed E-state index contributed by atoms with van der Waals surface area (Å²) in [5.41, 5.74) is 4.76. The number of carbonyl (C=O) groups excluding carboxylic acids is 3. The minimum absolute atomic E-state index is 0.0671. The average molecular weight is 390 g/mol. The summed E-state index contributed by atoms with van der Waals surface area (Å²) >= 11 is 0. The Labute approximate surface area is 163 Å². The summed E-state index contributed by atoms with van der Waals surface area (Å²) in [5, 5.41) is 5.09. The summed E-state index contributed by atoms with van der Waals surface area (Å²) in [6.45, 7) is 13.8. The Hall–Kier alpha value is -1.51. The minimum atomic E-state index is -0.834. The highest BCUT2D eigenvalue weighted by molar-refractivity contribution is 5.97. The summed E-state index contributed by atoms with van der Waals surface area (Å²) in [4.78, 5) is 36.0. The van der Waals surface area contributed by atoms with Crippen molar-refractivity contribution in [2.75, 3.05) is 26.9 Å². The second kappa shape index (κ2) is 14.5. The lowest BCUT2D eigenvalue weighted by atomic mass is 9.93. The number of nitrogens with two attached hydrogens (primary N) is 1. The number of epoxide rings is 1. The van der Waals surface area contributed by atoms with Gasteiger partial charge in [0.15, 0.2) is 5.78 Å². The van der Waals surface area contributed by atoms with E-state index in [2.05, 4.69) is 10.6 Å². The lowest BCUT2D eigenvalue weighted by molar-refractivity contribution is -0.131. The van der Waals surface area contributed by atoms with Crippen molar-refractivity contribution >= 4 is 17.6 Å². The van der Waals surface area contributed by atoms with Gasteiger partial charge in [-0.15, -0.1) is 0 Å². The van der Waals surface area contributed by atoms with Crippen LogP contribution < -0.4 is 16.4 Å². The zero-order valence-electron chi connectivity index (χ0n) is 18.2. The van der Waals surface area contributed by atoms with E-state index in [1.54, 1.807) is 6.92 Å². The second-order valence-electron chi connectivity index (χ2n) is 6.41. The molecule has 1 rings (SSSR count). The number of Topliss-reactive ketones (excluding diaryl/α,β-unsaturated/α-hetero) is 1. The maximum Gasteiger partial charge on any atom is 0.239 e. The van der Waals surface area contributed by atoms with Gasteiger partial charge in [-0.1, -0.05) is 41.5 Å². The maximum atomic E-state index is 12.4. The van der Waals surface area contributed by atoms with Gasteiger partial charge in [-0.2, -0.15) is 0 Å². The number of amides is 2. The smallest absolute Gasteiger partial charge is 0.239 e. The topological polar surface area (TPSA) is 123 Å². The van der Waals surface area contributed by atoms with E-state index in [-0.39, 0.29) is 24.9 Å². The molecule has 0 aromatic heterocycles. The first-order valence-corrected chi connectivity index (χ1v) is 9.69. The SMILES string of the molecule is CC.CC.COCC(N)C(=O)NCC(=O)NC(CC(C)C)C(=O)C1(C)CO1. The van der Waals surface area contributed by atoms with Crippen LogP contribution in [-0.4, -0.2) is 62.2 Å². The van der Waals surface area contributed by atoms with Crippen molar-refractivity contribution in [2.24, 2.45) is 11.7 Å². The third-order valence-corrected chi connectivity index (χ3v) is 3.56. The molecule has 8 heteroatoms. The molecule has 3 unspecified atom stereocenters. The van der Waals surface area contributed by atoms with Gasteiger partial charge in [-0.25, -0.2) is 0 Å². The lowest BCUT2D eigenvalue weighted by Gasteiger charge is -2.21. The monoisotopic (exact) mass is 389 g/mol. The third kappa shape index (κ3) is 11.0. The fourth-order valence-corrected chi connectivity index (χ4v) is 2.12. The molecular weight excluding hydrogens is 350 g/mol. The predicted octanol–water partition coefficient (Wildman–Crippen LogP) is 1.02. The third-order valence-electron chi connectivity index (χ3n) is 3.56. The Balaban J connectivity index is 0. The molecule has 1 heterocycles. The highest BCUT2D eigenvalue weighted by atomic mass is 16.6. The van der Waals surface area contributed by atoms with Gasteiger partial charge < -0.3 is 25.8 Å². The van der Waals surface area contributed by atoms with Crippen LogP contribution in [0.25, 0.3) is 0 Å². The molecule has 0 radical (unpaired) electrons. The highest BCUT2D eigenvalue weighted by Gasteiger charge is 2.50. The molecule has 1 fully saturated rings. The molecule has 160 valence electrons. The van der Waals surface area contributed by atoms with E-state index in [9.17, 15) is 14.4 Å². The molecular formula is C19H39N3O5. The number of carbonyl (C=O) groups is 3. The molecule has 1 aliphatic rings. The first kappa shape index (κ1) is 27.7. The van der Waals surface area contributed by atoms with Crippen LogP contribution in [0.4, 0.5) is 0 Å². The summed E-state index contributed by atoms with van der Waals surface area (Å²) in [5.74, 6) is -0.823. The van der Waals surface area contributed by atoms with E-state index in [1.807, 2.05) is 41.5 Å². The number of hydrogen-bond acceptors (Lipinski definition) is 6. The van der Waals surface area contributed by atoms with E-state index in [1.165, 1.54) is 7.11 Å². The Morgan fingerprint density at radius 3 is 2.11 bits per heavy atom. The van der Waals surface area contributed by atoms with E-state index in [4.69, 9.17) is 15.2 Å². The molecule has 8 nitrogen and oxygen atoms in total. The zero-order chi connectivity index (χ0) is 21.6. The minimum Gasteiger partial charge on any atom is -0.383 e. The van der Waals surface area contributed by atoms with E-state index < -0.39 is 29.5 Å². The van der Waals surface area contributed by atoms with Crippen LogP contribution in [0.15, 0.2) is 0 Å². The number of nitrogens with one attached hydrogen (secondary N) is 2. The number of hydrogen-bond donors (Lipinski definition) is 3. The van der Waals surface area contributed by atoms with Crippen LogP contribution >= 0.6 is 0 Å². The zero-order valence-corrected chi connectivity index (χ0v) is 18.2. The van der Waals surface area contributed by atoms with Gasteiger partial charge in [0.25, 0.3) is 0 Å². The summed E-state index contributed by atoms with van der Waals surface area (Å²) in [6, 6.07) is -1.46. The van der Waals surface area contributed by atoms with E-state index in [0.29, 0.717) is 13.0 Å². The number of rotatable bonds is 10. The van der Waals surface area contributed by atoms with Gasteiger partial charge in [0.05, 0.1) is 25.8 Å². The van der Waals surface area contributed by atoms with Crippen LogP contribution in [0.2, 0.25) is 0 Å². The van der Waals surface area contributed by atoms with Crippen LogP contribution in [0.5, 0.6) is 0 Å². The average Bonchev–Trinajstić information content (AvgIpc) is 3.40. The largest absolute Gasteiger partial charge is 0.383 e. The van der Waals surface area contributed by atoms with Crippen LogP contribution in [0.3, 0.4) is 0 Å². The summed E-state index contributed by atoms with van der Waals surface area (Å²) in [6.07, 6.45) is 0.515. The normalized spacial score (nSPS) is 19.5. The first-order chi connectivity index (χ1) is 12.7. The number of methoxy groups -OCH3 is 1. The summed E-state index contributed by atoms with van der Waals surface area (Å²) < 4.78 is 9.93. The highest BCUT2D eigenvalue weighted by Crippen LogP contribution is 2.29. The van der Waals surface area contributed by atoms with Gasteiger partial charge >= 0.3 is 0 Å². The molecule has 0 bridgehead atoms. The van der Waals surface area contributed by atoms with Gasteiger partial charge in [0.1, 0.15) is 11.6 Å². The van der Waals surface area contributed by atoms with Crippen molar-refractivity contribution < 1.29 is 23.9 Å². The first-order valence-electron chi connectivity index (χ1n) is 9.69. The fourth-order valence-electron chi connectivity index (χ4n) is 2.12. The van der Waals surface area contributed by atoms with Gasteiger partial charge in [0.2, 0.25) is 11.8 Å². The number of ether oxygens (including phenoxy) is 2. The fraction of sp³-hybridized carbons (Fsp3) is 0.842. The quantitative estimate of drug-likeness (QED) is 0.479. The Bertz CT molecular complexity index is 451. The predicted molar refractivity (Wildman–Crippen MR) is 106 cm³/mol. The van der Waals surface area contributed by atoms with Crippen molar-refractivity contribution in [1.29, 1.82) is 0 Å². The van der Waals surface area contributed by atoms with Gasteiger partial charge in [-0.05, 0) is 19.3 Å². The summed E-state index contributed by atoms with van der Waals surface area (Å²) in [7, 11) is 1.43. The van der Waals surface area contributed by atoms with E-state index >= 15 is 0 Å². The van der Waals surface area contributed by atoms with Crippen molar-refractivity contribution in [2.45, 2.75) is 72.6 Å². The van der Waals surface area contributed by atoms with Crippen molar-refractivity contribution in [3.05, 3.63) is 0 Å². The van der Waals surface area contributed by atoms with E-state index in [0.717, 1.165) is 0 Å². The second-order valence-corrected chi connectivity index (χ2v) is 6.41.